The normalized spacial score (nSPS) is 17.9. The second-order valence-electron chi connectivity index (χ2n) is 5.88. The highest BCUT2D eigenvalue weighted by Crippen LogP contribution is 2.21. The van der Waals surface area contributed by atoms with Gasteiger partial charge in [0.15, 0.2) is 0 Å². The van der Waals surface area contributed by atoms with Gasteiger partial charge in [0.1, 0.15) is 5.82 Å². The van der Waals surface area contributed by atoms with Gasteiger partial charge < -0.3 is 10.1 Å². The van der Waals surface area contributed by atoms with Crippen molar-refractivity contribution in [1.29, 1.82) is 0 Å². The third-order valence-electron chi connectivity index (χ3n) is 4.30. The zero-order valence-electron chi connectivity index (χ0n) is 13.9. The molecule has 2 rings (SSSR count). The summed E-state index contributed by atoms with van der Waals surface area (Å²) >= 11 is 0. The Morgan fingerprint density at radius 3 is 2.52 bits per heavy atom. The van der Waals surface area contributed by atoms with Crippen LogP contribution in [0.1, 0.15) is 18.5 Å². The number of amides is 1. The lowest BCUT2D eigenvalue weighted by Gasteiger charge is -2.38. The summed E-state index contributed by atoms with van der Waals surface area (Å²) in [7, 11) is 1.62. The largest absolute Gasteiger partial charge is 0.383 e. The third-order valence-corrected chi connectivity index (χ3v) is 4.30. The maximum Gasteiger partial charge on any atom is 0.234 e. The minimum absolute atomic E-state index is 0.0436. The molecule has 128 valence electrons. The Hall–Kier alpha value is -1.50. The van der Waals surface area contributed by atoms with Crippen LogP contribution in [0.15, 0.2) is 24.3 Å². The molecule has 0 aromatic heterocycles. The minimum Gasteiger partial charge on any atom is -0.383 e. The van der Waals surface area contributed by atoms with Gasteiger partial charge in [-0.15, -0.1) is 0 Å². The van der Waals surface area contributed by atoms with Gasteiger partial charge in [-0.3, -0.25) is 14.6 Å². The van der Waals surface area contributed by atoms with Gasteiger partial charge in [0.2, 0.25) is 5.91 Å². The van der Waals surface area contributed by atoms with E-state index < -0.39 is 0 Å². The van der Waals surface area contributed by atoms with Gasteiger partial charge in [-0.2, -0.15) is 0 Å². The number of nitrogens with zero attached hydrogens (tertiary/aromatic N) is 2. The van der Waals surface area contributed by atoms with Gasteiger partial charge in [-0.25, -0.2) is 4.39 Å². The van der Waals surface area contributed by atoms with E-state index in [0.29, 0.717) is 19.7 Å². The molecule has 0 spiro atoms. The van der Waals surface area contributed by atoms with E-state index in [9.17, 15) is 9.18 Å². The van der Waals surface area contributed by atoms with Gasteiger partial charge in [0, 0.05) is 45.9 Å². The van der Waals surface area contributed by atoms with E-state index in [1.165, 1.54) is 12.1 Å². The number of carbonyl (C=O) groups is 1. The molecule has 0 bridgehead atoms. The first-order valence-electron chi connectivity index (χ1n) is 8.07. The molecule has 23 heavy (non-hydrogen) atoms. The number of methoxy groups -OCH3 is 1. The molecule has 1 N–H and O–H groups in total. The third kappa shape index (κ3) is 5.57. The minimum atomic E-state index is -0.203. The molecule has 0 radical (unpaired) electrons. The van der Waals surface area contributed by atoms with Crippen molar-refractivity contribution in [3.63, 3.8) is 0 Å². The highest BCUT2D eigenvalue weighted by atomic mass is 19.1. The van der Waals surface area contributed by atoms with Crippen molar-refractivity contribution in [2.24, 2.45) is 0 Å². The van der Waals surface area contributed by atoms with Crippen LogP contribution in [0.25, 0.3) is 0 Å². The van der Waals surface area contributed by atoms with Crippen molar-refractivity contribution >= 4 is 5.91 Å². The molecule has 6 heteroatoms. The molecule has 1 fully saturated rings. The summed E-state index contributed by atoms with van der Waals surface area (Å²) in [6.07, 6.45) is 0. The average molecular weight is 323 g/mol. The van der Waals surface area contributed by atoms with E-state index in [1.807, 2.05) is 12.1 Å². The van der Waals surface area contributed by atoms with Gasteiger partial charge in [0.05, 0.1) is 13.2 Å². The molecule has 0 aliphatic carbocycles. The standard InChI is InChI=1S/C17H26FN3O2/c1-14(15-3-5-16(18)6-4-15)21-10-8-20(9-11-21)13-17(22)19-7-12-23-2/h3-6,14H,7-13H2,1-2H3,(H,19,22)/t14-/m0/s1. The highest BCUT2D eigenvalue weighted by Gasteiger charge is 2.23. The monoisotopic (exact) mass is 323 g/mol. The maximum atomic E-state index is 13.0. The number of piperazine rings is 1. The fourth-order valence-corrected chi connectivity index (χ4v) is 2.81. The van der Waals surface area contributed by atoms with E-state index in [4.69, 9.17) is 4.74 Å². The summed E-state index contributed by atoms with van der Waals surface area (Å²) < 4.78 is 17.9. The van der Waals surface area contributed by atoms with E-state index in [0.717, 1.165) is 31.7 Å². The van der Waals surface area contributed by atoms with Gasteiger partial charge in [-0.05, 0) is 24.6 Å². The number of hydrogen-bond acceptors (Lipinski definition) is 4. The Kier molecular flexibility index (Phi) is 6.95. The number of halogens is 1. The number of carbonyl (C=O) groups excluding carboxylic acids is 1. The molecule has 1 atom stereocenters. The number of rotatable bonds is 7. The first-order chi connectivity index (χ1) is 11.1. The summed E-state index contributed by atoms with van der Waals surface area (Å²) in [4.78, 5) is 16.3. The van der Waals surface area contributed by atoms with Crippen molar-refractivity contribution < 1.29 is 13.9 Å². The topological polar surface area (TPSA) is 44.8 Å². The molecule has 5 nitrogen and oxygen atoms in total. The molecule has 0 unspecified atom stereocenters. The van der Waals surface area contributed by atoms with E-state index in [1.54, 1.807) is 7.11 Å². The number of nitrogens with one attached hydrogen (secondary N) is 1. The maximum absolute atomic E-state index is 13.0. The Morgan fingerprint density at radius 2 is 1.91 bits per heavy atom. The van der Waals surface area contributed by atoms with Gasteiger partial charge >= 0.3 is 0 Å². The summed E-state index contributed by atoms with van der Waals surface area (Å²) in [5.74, 6) is -0.160. The van der Waals surface area contributed by atoms with Crippen LogP contribution in [0.4, 0.5) is 4.39 Å². The first kappa shape index (κ1) is 17.8. The lowest BCUT2D eigenvalue weighted by molar-refractivity contribution is -0.122. The summed E-state index contributed by atoms with van der Waals surface area (Å²) in [6, 6.07) is 6.96. The van der Waals surface area contributed by atoms with Crippen molar-refractivity contribution in [2.75, 3.05) is 53.0 Å². The molecule has 1 heterocycles. The molecule has 1 saturated heterocycles. The average Bonchev–Trinajstić information content (AvgIpc) is 2.56. The molecule has 1 aliphatic heterocycles. The van der Waals surface area contributed by atoms with Crippen LogP contribution < -0.4 is 5.32 Å². The van der Waals surface area contributed by atoms with E-state index >= 15 is 0 Å². The predicted octanol–water partition coefficient (Wildman–Crippen LogP) is 1.27. The second kappa shape index (κ2) is 8.96. The number of hydrogen-bond donors (Lipinski definition) is 1. The van der Waals surface area contributed by atoms with Crippen LogP contribution in [0.2, 0.25) is 0 Å². The zero-order chi connectivity index (χ0) is 16.7. The van der Waals surface area contributed by atoms with Crippen molar-refractivity contribution in [3.8, 4) is 0 Å². The molecule has 1 aromatic rings. The summed E-state index contributed by atoms with van der Waals surface area (Å²) in [5.41, 5.74) is 1.12. The van der Waals surface area contributed by atoms with Gasteiger partial charge in [0.25, 0.3) is 0 Å². The quantitative estimate of drug-likeness (QED) is 0.768. The Morgan fingerprint density at radius 1 is 1.26 bits per heavy atom. The second-order valence-corrected chi connectivity index (χ2v) is 5.88. The molecular weight excluding hydrogens is 297 g/mol. The van der Waals surface area contributed by atoms with Crippen molar-refractivity contribution in [1.82, 2.24) is 15.1 Å². The van der Waals surface area contributed by atoms with Crippen molar-refractivity contribution in [2.45, 2.75) is 13.0 Å². The molecular formula is C17H26FN3O2. The lowest BCUT2D eigenvalue weighted by atomic mass is 10.1. The van der Waals surface area contributed by atoms with Crippen LogP contribution in [0.3, 0.4) is 0 Å². The van der Waals surface area contributed by atoms with E-state index in [2.05, 4.69) is 22.0 Å². The Balaban J connectivity index is 1.75. The summed E-state index contributed by atoms with van der Waals surface area (Å²) in [6.45, 7) is 7.20. The molecule has 1 aliphatic rings. The van der Waals surface area contributed by atoms with Crippen LogP contribution in [0.5, 0.6) is 0 Å². The Labute approximate surface area is 137 Å². The van der Waals surface area contributed by atoms with Gasteiger partial charge in [-0.1, -0.05) is 12.1 Å². The number of benzene rings is 1. The first-order valence-corrected chi connectivity index (χ1v) is 8.07. The zero-order valence-corrected chi connectivity index (χ0v) is 13.9. The van der Waals surface area contributed by atoms with Crippen LogP contribution in [0, 0.1) is 5.82 Å². The van der Waals surface area contributed by atoms with Crippen LogP contribution in [-0.4, -0.2) is 68.7 Å². The smallest absolute Gasteiger partial charge is 0.234 e. The molecule has 1 amide bonds. The number of ether oxygens (including phenoxy) is 1. The Bertz CT molecular complexity index is 487. The fraction of sp³-hybridized carbons (Fsp3) is 0.588. The lowest BCUT2D eigenvalue weighted by Crippen LogP contribution is -2.50. The van der Waals surface area contributed by atoms with Crippen LogP contribution >= 0.6 is 0 Å². The van der Waals surface area contributed by atoms with E-state index in [-0.39, 0.29) is 17.8 Å². The summed E-state index contributed by atoms with van der Waals surface area (Å²) in [5, 5.41) is 2.84. The van der Waals surface area contributed by atoms with Crippen molar-refractivity contribution in [3.05, 3.63) is 35.6 Å². The molecule has 0 saturated carbocycles. The predicted molar refractivity (Wildman–Crippen MR) is 87.7 cm³/mol. The SMILES string of the molecule is COCCNC(=O)CN1CCN([C@@H](C)c2ccc(F)cc2)CC1. The van der Waals surface area contributed by atoms with Crippen LogP contribution in [-0.2, 0) is 9.53 Å². The highest BCUT2D eigenvalue weighted by molar-refractivity contribution is 5.78. The fourth-order valence-electron chi connectivity index (χ4n) is 2.81. The molecule has 1 aromatic carbocycles.